The van der Waals surface area contributed by atoms with E-state index in [1.54, 1.807) is 36.9 Å². The van der Waals surface area contributed by atoms with Crippen LogP contribution in [0.15, 0.2) is 48.5 Å². The fraction of sp³-hybridized carbons (Fsp3) is 0.286. The number of aryl methyl sites for hydroxylation is 1. The molecule has 1 fully saturated rings. The van der Waals surface area contributed by atoms with Gasteiger partial charge in [-0.15, -0.1) is 0 Å². The molecule has 1 saturated heterocycles. The zero-order valence-electron chi connectivity index (χ0n) is 15.3. The lowest BCUT2D eigenvalue weighted by Gasteiger charge is -2.27. The topological polar surface area (TPSA) is 64.4 Å². The molecule has 0 unspecified atom stereocenters. The predicted octanol–water partition coefficient (Wildman–Crippen LogP) is 4.34. The van der Waals surface area contributed by atoms with Crippen molar-refractivity contribution in [2.24, 2.45) is 0 Å². The van der Waals surface area contributed by atoms with Crippen molar-refractivity contribution < 1.29 is 9.59 Å². The Labute approximate surface area is 172 Å². The van der Waals surface area contributed by atoms with Gasteiger partial charge in [-0.05, 0) is 73.0 Å². The number of hydrogen-bond acceptors (Lipinski definition) is 3. The molecular formula is C21H20IN3O2. The fourth-order valence-corrected chi connectivity index (χ4v) is 3.88. The first-order valence-corrected chi connectivity index (χ1v) is 9.84. The third-order valence-electron chi connectivity index (χ3n) is 4.84. The number of amides is 3. The summed E-state index contributed by atoms with van der Waals surface area (Å²) in [6, 6.07) is 16.9. The van der Waals surface area contributed by atoms with Gasteiger partial charge in [0.25, 0.3) is 5.91 Å². The number of hydrogen-bond donors (Lipinski definition) is 0. The number of halogens is 1. The molecule has 2 aromatic rings. The first-order valence-electron chi connectivity index (χ1n) is 8.76. The van der Waals surface area contributed by atoms with Crippen molar-refractivity contribution in [3.63, 3.8) is 0 Å². The molecule has 0 atom stereocenters. The molecule has 6 heteroatoms. The Kier molecular flexibility index (Phi) is 5.51. The molecule has 5 nitrogen and oxygen atoms in total. The van der Waals surface area contributed by atoms with Crippen LogP contribution in [0.25, 0.3) is 0 Å². The number of rotatable bonds is 5. The lowest BCUT2D eigenvalue weighted by Crippen LogP contribution is -2.44. The molecule has 1 aliphatic heterocycles. The van der Waals surface area contributed by atoms with E-state index in [4.69, 9.17) is 5.26 Å². The Morgan fingerprint density at radius 1 is 1.11 bits per heavy atom. The van der Waals surface area contributed by atoms with Crippen molar-refractivity contribution in [3.05, 3.63) is 63.2 Å². The Bertz CT molecular complexity index is 919. The molecule has 1 aliphatic rings. The van der Waals surface area contributed by atoms with Gasteiger partial charge in [-0.2, -0.15) is 5.26 Å². The van der Waals surface area contributed by atoms with Gasteiger partial charge in [0.1, 0.15) is 11.6 Å². The molecule has 0 spiro atoms. The van der Waals surface area contributed by atoms with E-state index in [-0.39, 0.29) is 11.9 Å². The van der Waals surface area contributed by atoms with Crippen LogP contribution in [0.2, 0.25) is 0 Å². The maximum Gasteiger partial charge on any atom is 0.332 e. The van der Waals surface area contributed by atoms with E-state index < -0.39 is 5.54 Å². The third kappa shape index (κ3) is 3.69. The quantitative estimate of drug-likeness (QED) is 0.480. The van der Waals surface area contributed by atoms with Crippen molar-refractivity contribution >= 4 is 40.2 Å². The van der Waals surface area contributed by atoms with Gasteiger partial charge in [-0.25, -0.2) is 9.69 Å². The third-order valence-corrected chi connectivity index (χ3v) is 5.74. The minimum Gasteiger partial charge on any atom is -0.310 e. The summed E-state index contributed by atoms with van der Waals surface area (Å²) in [7, 11) is 0. The highest BCUT2D eigenvalue weighted by molar-refractivity contribution is 14.1. The summed E-state index contributed by atoms with van der Waals surface area (Å²) >= 11 is 2.04. The van der Waals surface area contributed by atoms with Crippen molar-refractivity contribution in [2.75, 3.05) is 11.4 Å². The molecule has 1 heterocycles. The van der Waals surface area contributed by atoms with Gasteiger partial charge in [-0.1, -0.05) is 30.3 Å². The second-order valence-corrected chi connectivity index (χ2v) is 8.16. The molecule has 0 radical (unpaired) electrons. The number of nitriles is 1. The highest BCUT2D eigenvalue weighted by Crippen LogP contribution is 2.33. The predicted molar refractivity (Wildman–Crippen MR) is 112 cm³/mol. The van der Waals surface area contributed by atoms with Gasteiger partial charge in [0.05, 0.1) is 11.3 Å². The summed E-state index contributed by atoms with van der Waals surface area (Å²) < 4.78 is 0.716. The van der Waals surface area contributed by atoms with Crippen LogP contribution in [0.3, 0.4) is 0 Å². The molecular weight excluding hydrogens is 453 g/mol. The summed E-state index contributed by atoms with van der Waals surface area (Å²) in [5.41, 5.74) is 1.35. The zero-order chi connectivity index (χ0) is 19.6. The number of urea groups is 1. The highest BCUT2D eigenvalue weighted by Gasteiger charge is 2.51. The van der Waals surface area contributed by atoms with Gasteiger partial charge in [-0.3, -0.25) is 4.79 Å². The molecule has 3 amide bonds. The lowest BCUT2D eigenvalue weighted by molar-refractivity contribution is -0.123. The first-order chi connectivity index (χ1) is 12.9. The van der Waals surface area contributed by atoms with Crippen molar-refractivity contribution in [3.8, 4) is 6.07 Å². The maximum atomic E-state index is 13.0. The van der Waals surface area contributed by atoms with E-state index in [1.165, 1.54) is 10.5 Å². The molecule has 0 saturated carbocycles. The highest BCUT2D eigenvalue weighted by atomic mass is 127. The normalized spacial score (nSPS) is 15.9. The Morgan fingerprint density at radius 2 is 1.81 bits per heavy atom. The van der Waals surface area contributed by atoms with E-state index in [2.05, 4.69) is 18.2 Å². The summed E-state index contributed by atoms with van der Waals surface area (Å²) in [5.74, 6) is -0.243. The van der Waals surface area contributed by atoms with E-state index in [1.807, 2.05) is 40.8 Å². The Hall–Kier alpha value is -2.40. The standard InChI is InChI=1S/C21H20IN3O2/c1-21(2)19(26)25(17-11-10-16(14-23)18(22)13-17)20(27)24(21)12-6-9-15-7-4-3-5-8-15/h3-5,7-8,10-11,13H,6,9,12H2,1-2H3. The van der Waals surface area contributed by atoms with Crippen molar-refractivity contribution in [1.82, 2.24) is 4.90 Å². The van der Waals surface area contributed by atoms with E-state index >= 15 is 0 Å². The molecule has 27 heavy (non-hydrogen) atoms. The van der Waals surface area contributed by atoms with Crippen LogP contribution in [0, 0.1) is 14.9 Å². The van der Waals surface area contributed by atoms with E-state index in [0.29, 0.717) is 21.4 Å². The molecule has 0 bridgehead atoms. The van der Waals surface area contributed by atoms with Crippen LogP contribution in [0.5, 0.6) is 0 Å². The lowest BCUT2D eigenvalue weighted by atomic mass is 10.0. The van der Waals surface area contributed by atoms with Crippen molar-refractivity contribution in [1.29, 1.82) is 5.26 Å². The zero-order valence-corrected chi connectivity index (χ0v) is 17.4. The molecule has 0 N–H and O–H groups in total. The summed E-state index contributed by atoms with van der Waals surface area (Å²) in [4.78, 5) is 28.8. The van der Waals surface area contributed by atoms with Gasteiger partial charge in [0.2, 0.25) is 0 Å². The van der Waals surface area contributed by atoms with Gasteiger partial charge in [0, 0.05) is 10.1 Å². The van der Waals surface area contributed by atoms with Crippen LogP contribution < -0.4 is 4.90 Å². The molecule has 138 valence electrons. The monoisotopic (exact) mass is 473 g/mol. The number of imide groups is 1. The van der Waals surface area contributed by atoms with Crippen LogP contribution in [-0.4, -0.2) is 28.9 Å². The van der Waals surface area contributed by atoms with Gasteiger partial charge in [0.15, 0.2) is 0 Å². The van der Waals surface area contributed by atoms with Gasteiger partial charge >= 0.3 is 6.03 Å². The Morgan fingerprint density at radius 3 is 2.44 bits per heavy atom. The molecule has 0 aromatic heterocycles. The smallest absolute Gasteiger partial charge is 0.310 e. The van der Waals surface area contributed by atoms with E-state index in [0.717, 1.165) is 12.8 Å². The van der Waals surface area contributed by atoms with Gasteiger partial charge < -0.3 is 4.90 Å². The van der Waals surface area contributed by atoms with E-state index in [9.17, 15) is 9.59 Å². The minimum absolute atomic E-state index is 0.243. The van der Waals surface area contributed by atoms with Crippen molar-refractivity contribution in [2.45, 2.75) is 32.2 Å². The second-order valence-electron chi connectivity index (χ2n) is 7.00. The largest absolute Gasteiger partial charge is 0.332 e. The maximum absolute atomic E-state index is 13.0. The van der Waals surface area contributed by atoms with Crippen LogP contribution >= 0.6 is 22.6 Å². The van der Waals surface area contributed by atoms with Crippen LogP contribution in [0.1, 0.15) is 31.4 Å². The number of benzene rings is 2. The summed E-state index contributed by atoms with van der Waals surface area (Å²) in [5, 5.41) is 9.08. The first kappa shape index (κ1) is 19.4. The average molecular weight is 473 g/mol. The minimum atomic E-state index is -0.896. The molecule has 0 aliphatic carbocycles. The number of carbonyl (C=O) groups excluding carboxylic acids is 2. The molecule has 3 rings (SSSR count). The second kappa shape index (κ2) is 7.69. The number of anilines is 1. The SMILES string of the molecule is CC1(C)C(=O)N(c2ccc(C#N)c(I)c2)C(=O)N1CCCc1ccccc1. The number of carbonyl (C=O) groups is 2. The van der Waals surface area contributed by atoms with Crippen LogP contribution in [-0.2, 0) is 11.2 Å². The van der Waals surface area contributed by atoms with Crippen LogP contribution in [0.4, 0.5) is 10.5 Å². The Balaban J connectivity index is 1.79. The molecule has 2 aromatic carbocycles. The number of nitrogens with zero attached hydrogens (tertiary/aromatic N) is 3. The summed E-state index contributed by atoms with van der Waals surface area (Å²) in [6.07, 6.45) is 1.63. The average Bonchev–Trinajstić information content (AvgIpc) is 2.82. The fourth-order valence-electron chi connectivity index (χ4n) is 3.26. The summed E-state index contributed by atoms with van der Waals surface area (Å²) in [6.45, 7) is 4.07.